The minimum atomic E-state index is 0.0833. The molecule has 4 heteroatoms. The minimum absolute atomic E-state index is 0.0833. The van der Waals surface area contributed by atoms with E-state index >= 15 is 0 Å². The van der Waals surface area contributed by atoms with E-state index in [1.165, 1.54) is 12.8 Å². The van der Waals surface area contributed by atoms with E-state index in [9.17, 15) is 4.79 Å². The first-order chi connectivity index (χ1) is 8.48. The van der Waals surface area contributed by atoms with Crippen LogP contribution in [0.25, 0.3) is 0 Å². The average molecular weight is 253 g/mol. The molecule has 0 saturated carbocycles. The summed E-state index contributed by atoms with van der Waals surface area (Å²) in [4.78, 5) is 16.9. The smallest absolute Gasteiger partial charge is 0.239 e. The summed E-state index contributed by atoms with van der Waals surface area (Å²) in [6.45, 7) is 11.5. The summed E-state index contributed by atoms with van der Waals surface area (Å²) in [6.07, 6.45) is 3.41. The van der Waals surface area contributed by atoms with E-state index in [2.05, 4.69) is 31.0 Å². The normalized spacial score (nSPS) is 27.3. The number of piperidine rings is 1. The van der Waals surface area contributed by atoms with Crippen molar-refractivity contribution >= 4 is 5.91 Å². The van der Waals surface area contributed by atoms with Gasteiger partial charge in [0.05, 0.1) is 6.04 Å². The van der Waals surface area contributed by atoms with E-state index < -0.39 is 0 Å². The number of carbonyl (C=O) groups excluding carboxylic acids is 1. The second-order valence-corrected chi connectivity index (χ2v) is 6.49. The number of carbonyl (C=O) groups is 1. The number of nitrogens with zero attached hydrogens (tertiary/aromatic N) is 2. The first-order valence-electron chi connectivity index (χ1n) is 7.26. The molecular formula is C14H27N3O. The van der Waals surface area contributed by atoms with Crippen molar-refractivity contribution in [2.75, 3.05) is 32.7 Å². The van der Waals surface area contributed by atoms with Crippen molar-refractivity contribution < 1.29 is 4.79 Å². The fraction of sp³-hybridized carbons (Fsp3) is 0.929. The standard InChI is InChI=1S/C14H27N3O/c1-14(2,3)17-10-8-16(9-11-17)13(18)12-6-4-5-7-15-12/h12,15H,4-11H2,1-3H3. The van der Waals surface area contributed by atoms with Crippen molar-refractivity contribution in [3.8, 4) is 0 Å². The maximum Gasteiger partial charge on any atom is 0.239 e. The lowest BCUT2D eigenvalue weighted by atomic mass is 10.0. The molecule has 0 aromatic heterocycles. The highest BCUT2D eigenvalue weighted by molar-refractivity contribution is 5.82. The van der Waals surface area contributed by atoms with Crippen molar-refractivity contribution in [1.82, 2.24) is 15.1 Å². The van der Waals surface area contributed by atoms with Crippen molar-refractivity contribution in [3.63, 3.8) is 0 Å². The van der Waals surface area contributed by atoms with Crippen molar-refractivity contribution in [3.05, 3.63) is 0 Å². The van der Waals surface area contributed by atoms with E-state index in [4.69, 9.17) is 0 Å². The molecule has 2 rings (SSSR count). The van der Waals surface area contributed by atoms with Crippen LogP contribution >= 0.6 is 0 Å². The van der Waals surface area contributed by atoms with Crippen molar-refractivity contribution in [2.45, 2.75) is 51.6 Å². The fourth-order valence-corrected chi connectivity index (χ4v) is 2.88. The molecule has 2 aliphatic rings. The van der Waals surface area contributed by atoms with Gasteiger partial charge >= 0.3 is 0 Å². The number of rotatable bonds is 1. The topological polar surface area (TPSA) is 35.6 Å². The molecule has 1 N–H and O–H groups in total. The molecule has 1 atom stereocenters. The molecule has 2 saturated heterocycles. The van der Waals surface area contributed by atoms with Gasteiger partial charge in [0, 0.05) is 31.7 Å². The summed E-state index contributed by atoms with van der Waals surface area (Å²) in [6, 6.07) is 0.0833. The molecule has 2 aliphatic heterocycles. The molecule has 0 aliphatic carbocycles. The summed E-state index contributed by atoms with van der Waals surface area (Å²) in [5.41, 5.74) is 0.220. The van der Waals surface area contributed by atoms with Crippen LogP contribution in [0.1, 0.15) is 40.0 Å². The third kappa shape index (κ3) is 3.23. The maximum absolute atomic E-state index is 12.4. The molecule has 0 aromatic rings. The predicted octanol–water partition coefficient (Wildman–Crippen LogP) is 1.07. The Kier molecular flexibility index (Phi) is 4.28. The summed E-state index contributed by atoms with van der Waals surface area (Å²) < 4.78 is 0. The Balaban J connectivity index is 1.83. The number of hydrogen-bond donors (Lipinski definition) is 1. The largest absolute Gasteiger partial charge is 0.339 e. The lowest BCUT2D eigenvalue weighted by Crippen LogP contribution is -2.58. The Hall–Kier alpha value is -0.610. The number of hydrogen-bond acceptors (Lipinski definition) is 3. The lowest BCUT2D eigenvalue weighted by Gasteiger charge is -2.43. The SMILES string of the molecule is CC(C)(C)N1CCN(C(=O)C2CCCCN2)CC1. The van der Waals surface area contributed by atoms with Gasteiger partial charge in [-0.05, 0) is 40.2 Å². The van der Waals surface area contributed by atoms with Crippen LogP contribution in [-0.2, 0) is 4.79 Å². The van der Waals surface area contributed by atoms with Gasteiger partial charge in [-0.25, -0.2) is 0 Å². The lowest BCUT2D eigenvalue weighted by molar-refractivity contribution is -0.136. The molecule has 1 amide bonds. The monoisotopic (exact) mass is 253 g/mol. The maximum atomic E-state index is 12.4. The van der Waals surface area contributed by atoms with Crippen LogP contribution in [0.2, 0.25) is 0 Å². The van der Waals surface area contributed by atoms with Crippen LogP contribution in [0, 0.1) is 0 Å². The number of piperazine rings is 1. The van der Waals surface area contributed by atoms with Crippen LogP contribution in [0.3, 0.4) is 0 Å². The first-order valence-corrected chi connectivity index (χ1v) is 7.26. The van der Waals surface area contributed by atoms with Crippen molar-refractivity contribution in [2.24, 2.45) is 0 Å². The van der Waals surface area contributed by atoms with Gasteiger partial charge in [-0.3, -0.25) is 9.69 Å². The van der Waals surface area contributed by atoms with E-state index in [1.54, 1.807) is 0 Å². The average Bonchev–Trinajstić information content (AvgIpc) is 2.38. The van der Waals surface area contributed by atoms with Gasteiger partial charge in [0.1, 0.15) is 0 Å². The highest BCUT2D eigenvalue weighted by atomic mass is 16.2. The zero-order valence-electron chi connectivity index (χ0n) is 12.0. The van der Waals surface area contributed by atoms with Crippen LogP contribution in [0.5, 0.6) is 0 Å². The van der Waals surface area contributed by atoms with Crippen molar-refractivity contribution in [1.29, 1.82) is 0 Å². The number of amides is 1. The summed E-state index contributed by atoms with van der Waals surface area (Å²) in [5, 5.41) is 3.35. The zero-order valence-corrected chi connectivity index (χ0v) is 12.0. The predicted molar refractivity (Wildman–Crippen MR) is 73.5 cm³/mol. The molecule has 18 heavy (non-hydrogen) atoms. The summed E-state index contributed by atoms with van der Waals surface area (Å²) >= 11 is 0. The van der Waals surface area contributed by atoms with E-state index in [0.717, 1.165) is 39.1 Å². The minimum Gasteiger partial charge on any atom is -0.339 e. The van der Waals surface area contributed by atoms with Gasteiger partial charge in [0.15, 0.2) is 0 Å². The third-order valence-corrected chi connectivity index (χ3v) is 4.15. The molecule has 2 fully saturated rings. The molecular weight excluding hydrogens is 226 g/mol. The molecule has 4 nitrogen and oxygen atoms in total. The Labute approximate surface area is 111 Å². The fourth-order valence-electron chi connectivity index (χ4n) is 2.88. The Morgan fingerprint density at radius 1 is 1.11 bits per heavy atom. The highest BCUT2D eigenvalue weighted by Gasteiger charge is 2.31. The van der Waals surface area contributed by atoms with Gasteiger partial charge in [-0.1, -0.05) is 6.42 Å². The first kappa shape index (κ1) is 13.8. The molecule has 1 unspecified atom stereocenters. The van der Waals surface area contributed by atoms with Crippen LogP contribution in [0.4, 0.5) is 0 Å². The molecule has 0 bridgehead atoms. The van der Waals surface area contributed by atoms with Gasteiger partial charge in [0.25, 0.3) is 0 Å². The third-order valence-electron chi connectivity index (χ3n) is 4.15. The zero-order chi connectivity index (χ0) is 13.2. The summed E-state index contributed by atoms with van der Waals surface area (Å²) in [5.74, 6) is 0.322. The Morgan fingerprint density at radius 2 is 1.78 bits per heavy atom. The Morgan fingerprint density at radius 3 is 2.28 bits per heavy atom. The van der Waals surface area contributed by atoms with Gasteiger partial charge in [0.2, 0.25) is 5.91 Å². The van der Waals surface area contributed by atoms with Gasteiger partial charge < -0.3 is 10.2 Å². The Bertz CT molecular complexity index is 284. The van der Waals surface area contributed by atoms with Gasteiger partial charge in [-0.2, -0.15) is 0 Å². The molecule has 0 aromatic carbocycles. The van der Waals surface area contributed by atoms with Gasteiger partial charge in [-0.15, -0.1) is 0 Å². The van der Waals surface area contributed by atoms with E-state index in [0.29, 0.717) is 5.91 Å². The highest BCUT2D eigenvalue weighted by Crippen LogP contribution is 2.17. The molecule has 2 heterocycles. The second-order valence-electron chi connectivity index (χ2n) is 6.49. The second kappa shape index (κ2) is 5.57. The molecule has 104 valence electrons. The molecule has 0 spiro atoms. The van der Waals surface area contributed by atoms with Crippen LogP contribution < -0.4 is 5.32 Å². The number of nitrogens with one attached hydrogen (secondary N) is 1. The van der Waals surface area contributed by atoms with Crippen LogP contribution in [0.15, 0.2) is 0 Å². The quantitative estimate of drug-likeness (QED) is 0.759. The molecule has 0 radical (unpaired) electrons. The van der Waals surface area contributed by atoms with E-state index in [-0.39, 0.29) is 11.6 Å². The van der Waals surface area contributed by atoms with E-state index in [1.807, 2.05) is 4.90 Å². The van der Waals surface area contributed by atoms with Crippen LogP contribution in [-0.4, -0.2) is 60.0 Å². The summed E-state index contributed by atoms with van der Waals surface area (Å²) in [7, 11) is 0.